The third kappa shape index (κ3) is 4.72. The molecular formula is C20H13BrClFN2O2. The molecule has 0 atom stereocenters. The van der Waals surface area contributed by atoms with Crippen LogP contribution in [0.15, 0.2) is 71.2 Å². The summed E-state index contributed by atoms with van der Waals surface area (Å²) in [6, 6.07) is 17.0. The van der Waals surface area contributed by atoms with E-state index < -0.39 is 11.7 Å². The van der Waals surface area contributed by atoms with Gasteiger partial charge < -0.3 is 10.6 Å². The SMILES string of the molecule is O=C(Nc1ccccc1NC(=O)c1cc(F)ccc1Br)c1ccc(Cl)cc1. The van der Waals surface area contributed by atoms with Gasteiger partial charge >= 0.3 is 0 Å². The molecule has 0 radical (unpaired) electrons. The van der Waals surface area contributed by atoms with E-state index in [1.807, 2.05) is 0 Å². The van der Waals surface area contributed by atoms with Crippen LogP contribution in [-0.2, 0) is 0 Å². The lowest BCUT2D eigenvalue weighted by atomic mass is 10.1. The van der Waals surface area contributed by atoms with Gasteiger partial charge in [-0.25, -0.2) is 4.39 Å². The Morgan fingerprint density at radius 3 is 2.07 bits per heavy atom. The van der Waals surface area contributed by atoms with Crippen molar-refractivity contribution in [2.75, 3.05) is 10.6 Å². The van der Waals surface area contributed by atoms with E-state index in [2.05, 4.69) is 26.6 Å². The number of carbonyl (C=O) groups is 2. The minimum absolute atomic E-state index is 0.147. The van der Waals surface area contributed by atoms with Crippen LogP contribution in [0.3, 0.4) is 0 Å². The first-order valence-electron chi connectivity index (χ1n) is 7.86. The van der Waals surface area contributed by atoms with Crippen molar-refractivity contribution in [1.82, 2.24) is 0 Å². The van der Waals surface area contributed by atoms with Crippen molar-refractivity contribution < 1.29 is 14.0 Å². The molecule has 7 heteroatoms. The summed E-state index contributed by atoms with van der Waals surface area (Å²) in [5.74, 6) is -1.37. The molecule has 2 N–H and O–H groups in total. The highest BCUT2D eigenvalue weighted by Crippen LogP contribution is 2.25. The number of amides is 2. The maximum Gasteiger partial charge on any atom is 0.256 e. The van der Waals surface area contributed by atoms with Gasteiger partial charge in [0.25, 0.3) is 11.8 Å². The molecule has 0 unspecified atom stereocenters. The number of nitrogens with one attached hydrogen (secondary N) is 2. The summed E-state index contributed by atoms with van der Waals surface area (Å²) in [5, 5.41) is 5.96. The first-order chi connectivity index (χ1) is 12.9. The van der Waals surface area contributed by atoms with Gasteiger partial charge in [-0.3, -0.25) is 9.59 Å². The Kier molecular flexibility index (Phi) is 5.88. The number of hydrogen-bond donors (Lipinski definition) is 2. The molecule has 3 aromatic carbocycles. The zero-order valence-electron chi connectivity index (χ0n) is 13.8. The fourth-order valence-corrected chi connectivity index (χ4v) is 2.91. The van der Waals surface area contributed by atoms with Crippen molar-refractivity contribution in [3.05, 3.63) is 93.2 Å². The number of para-hydroxylation sites is 2. The minimum atomic E-state index is -0.521. The molecule has 0 bridgehead atoms. The predicted molar refractivity (Wildman–Crippen MR) is 108 cm³/mol. The lowest BCUT2D eigenvalue weighted by molar-refractivity contribution is 0.101. The van der Waals surface area contributed by atoms with E-state index in [1.54, 1.807) is 48.5 Å². The zero-order chi connectivity index (χ0) is 19.4. The highest BCUT2D eigenvalue weighted by molar-refractivity contribution is 9.10. The highest BCUT2D eigenvalue weighted by Gasteiger charge is 2.15. The average molecular weight is 448 g/mol. The van der Waals surface area contributed by atoms with Gasteiger partial charge in [0.2, 0.25) is 0 Å². The van der Waals surface area contributed by atoms with Crippen molar-refractivity contribution in [2.45, 2.75) is 0 Å². The molecule has 0 saturated carbocycles. The van der Waals surface area contributed by atoms with Gasteiger partial charge in [-0.15, -0.1) is 0 Å². The molecule has 4 nitrogen and oxygen atoms in total. The fourth-order valence-electron chi connectivity index (χ4n) is 2.36. The number of rotatable bonds is 4. The second-order valence-electron chi connectivity index (χ2n) is 5.58. The van der Waals surface area contributed by atoms with Crippen LogP contribution in [0.2, 0.25) is 5.02 Å². The third-order valence-corrected chi connectivity index (χ3v) is 4.65. The van der Waals surface area contributed by atoms with Crippen molar-refractivity contribution >= 4 is 50.7 Å². The smallest absolute Gasteiger partial charge is 0.256 e. The molecule has 3 aromatic rings. The molecule has 0 aliphatic carbocycles. The Morgan fingerprint density at radius 1 is 0.852 bits per heavy atom. The molecule has 0 aliphatic rings. The second kappa shape index (κ2) is 8.33. The molecule has 2 amide bonds. The predicted octanol–water partition coefficient (Wildman–Crippen LogP) is 5.75. The summed E-state index contributed by atoms with van der Waals surface area (Å²) < 4.78 is 13.9. The molecular weight excluding hydrogens is 435 g/mol. The molecule has 0 spiro atoms. The van der Waals surface area contributed by atoms with Crippen molar-refractivity contribution in [3.8, 4) is 0 Å². The highest BCUT2D eigenvalue weighted by atomic mass is 79.9. The Labute approximate surface area is 168 Å². The van der Waals surface area contributed by atoms with Gasteiger partial charge in [0.1, 0.15) is 5.82 Å². The van der Waals surface area contributed by atoms with Crippen molar-refractivity contribution in [2.24, 2.45) is 0 Å². The average Bonchev–Trinajstić information content (AvgIpc) is 2.65. The first-order valence-corrected chi connectivity index (χ1v) is 9.03. The Hall–Kier alpha value is -2.70. The Balaban J connectivity index is 1.81. The van der Waals surface area contributed by atoms with Crippen LogP contribution >= 0.6 is 27.5 Å². The van der Waals surface area contributed by atoms with Gasteiger partial charge in [0.05, 0.1) is 16.9 Å². The van der Waals surface area contributed by atoms with Gasteiger partial charge in [0, 0.05) is 15.1 Å². The molecule has 136 valence electrons. The quantitative estimate of drug-likeness (QED) is 0.535. The minimum Gasteiger partial charge on any atom is -0.320 e. The van der Waals surface area contributed by atoms with Crippen LogP contribution in [0.1, 0.15) is 20.7 Å². The summed E-state index contributed by atoms with van der Waals surface area (Å²) >= 11 is 9.06. The summed E-state index contributed by atoms with van der Waals surface area (Å²) in [4.78, 5) is 24.9. The van der Waals surface area contributed by atoms with Crippen LogP contribution in [-0.4, -0.2) is 11.8 Å². The van der Waals surface area contributed by atoms with Gasteiger partial charge in [-0.05, 0) is 70.5 Å². The number of hydrogen-bond acceptors (Lipinski definition) is 2. The van der Waals surface area contributed by atoms with E-state index >= 15 is 0 Å². The monoisotopic (exact) mass is 446 g/mol. The number of benzene rings is 3. The number of carbonyl (C=O) groups excluding carboxylic acids is 2. The number of anilines is 2. The lowest BCUT2D eigenvalue weighted by Crippen LogP contribution is -2.17. The largest absolute Gasteiger partial charge is 0.320 e. The van der Waals surface area contributed by atoms with E-state index in [4.69, 9.17) is 11.6 Å². The van der Waals surface area contributed by atoms with Crippen molar-refractivity contribution in [3.63, 3.8) is 0 Å². The molecule has 27 heavy (non-hydrogen) atoms. The van der Waals surface area contributed by atoms with Crippen LogP contribution in [0, 0.1) is 5.82 Å². The second-order valence-corrected chi connectivity index (χ2v) is 6.88. The van der Waals surface area contributed by atoms with E-state index in [1.165, 1.54) is 12.1 Å². The summed E-state index contributed by atoms with van der Waals surface area (Å²) in [6.45, 7) is 0. The van der Waals surface area contributed by atoms with Crippen LogP contribution in [0.4, 0.5) is 15.8 Å². The van der Waals surface area contributed by atoms with E-state index in [0.717, 1.165) is 6.07 Å². The topological polar surface area (TPSA) is 58.2 Å². The normalized spacial score (nSPS) is 10.3. The van der Waals surface area contributed by atoms with Gasteiger partial charge in [-0.2, -0.15) is 0 Å². The van der Waals surface area contributed by atoms with E-state index in [-0.39, 0.29) is 11.5 Å². The zero-order valence-corrected chi connectivity index (χ0v) is 16.1. The molecule has 0 aliphatic heterocycles. The summed E-state index contributed by atoms with van der Waals surface area (Å²) in [6.07, 6.45) is 0. The van der Waals surface area contributed by atoms with Gasteiger partial charge in [-0.1, -0.05) is 23.7 Å². The maximum absolute atomic E-state index is 13.4. The first kappa shape index (κ1) is 19.1. The maximum atomic E-state index is 13.4. The standard InChI is InChI=1S/C20H13BrClFN2O2/c21-16-10-9-14(23)11-15(16)20(27)25-18-4-2-1-3-17(18)24-19(26)12-5-7-13(22)8-6-12/h1-11H,(H,24,26)(H,25,27). The number of halogens is 3. The van der Waals surface area contributed by atoms with Gasteiger partial charge in [0.15, 0.2) is 0 Å². The molecule has 0 heterocycles. The lowest BCUT2D eigenvalue weighted by Gasteiger charge is -2.13. The van der Waals surface area contributed by atoms with E-state index in [9.17, 15) is 14.0 Å². The van der Waals surface area contributed by atoms with Crippen LogP contribution in [0.25, 0.3) is 0 Å². The molecule has 0 fully saturated rings. The Morgan fingerprint density at radius 2 is 1.44 bits per heavy atom. The van der Waals surface area contributed by atoms with Crippen LogP contribution in [0.5, 0.6) is 0 Å². The fraction of sp³-hybridized carbons (Fsp3) is 0. The summed E-state index contributed by atoms with van der Waals surface area (Å²) in [7, 11) is 0. The van der Waals surface area contributed by atoms with Crippen molar-refractivity contribution in [1.29, 1.82) is 0 Å². The third-order valence-electron chi connectivity index (χ3n) is 3.70. The molecule has 3 rings (SSSR count). The van der Waals surface area contributed by atoms with Crippen LogP contribution < -0.4 is 10.6 Å². The molecule has 0 saturated heterocycles. The molecule has 0 aromatic heterocycles. The van der Waals surface area contributed by atoms with E-state index in [0.29, 0.717) is 26.4 Å². The Bertz CT molecular complexity index is 1010. The summed E-state index contributed by atoms with van der Waals surface area (Å²) in [5.41, 5.74) is 1.38.